The first-order valence-electron chi connectivity index (χ1n) is 6.93. The normalized spacial score (nSPS) is 20.9. The Kier molecular flexibility index (Phi) is 3.34. The Labute approximate surface area is 117 Å². The molecule has 0 bridgehead atoms. The molecule has 0 unspecified atom stereocenters. The van der Waals surface area contributed by atoms with Gasteiger partial charge < -0.3 is 14.3 Å². The fourth-order valence-electron chi connectivity index (χ4n) is 2.31. The summed E-state index contributed by atoms with van der Waals surface area (Å²) in [7, 11) is 0. The van der Waals surface area contributed by atoms with E-state index in [0.717, 1.165) is 17.4 Å². The highest BCUT2D eigenvalue weighted by Crippen LogP contribution is 2.47. The number of aryl methyl sites for hydroxylation is 2. The van der Waals surface area contributed by atoms with Crippen molar-refractivity contribution in [3.8, 4) is 0 Å². The molecule has 2 aromatic rings. The van der Waals surface area contributed by atoms with Crippen LogP contribution in [-0.2, 0) is 11.2 Å². The van der Waals surface area contributed by atoms with Crippen molar-refractivity contribution in [3.63, 3.8) is 0 Å². The van der Waals surface area contributed by atoms with Crippen molar-refractivity contribution in [2.45, 2.75) is 39.0 Å². The van der Waals surface area contributed by atoms with Gasteiger partial charge in [0.15, 0.2) is 5.82 Å². The zero-order chi connectivity index (χ0) is 14.1. The minimum absolute atomic E-state index is 0.0870. The van der Waals surface area contributed by atoms with Crippen LogP contribution in [0.3, 0.4) is 0 Å². The first kappa shape index (κ1) is 13.0. The molecule has 1 amide bonds. The van der Waals surface area contributed by atoms with E-state index in [-0.39, 0.29) is 5.91 Å². The van der Waals surface area contributed by atoms with E-state index in [2.05, 4.69) is 17.4 Å². The highest BCUT2D eigenvalue weighted by molar-refractivity contribution is 5.89. The highest BCUT2D eigenvalue weighted by atomic mass is 16.5. The molecule has 1 aliphatic rings. The lowest BCUT2D eigenvalue weighted by Gasteiger charge is -1.99. The van der Waals surface area contributed by atoms with Gasteiger partial charge in [0.1, 0.15) is 17.3 Å². The van der Waals surface area contributed by atoms with Crippen LogP contribution in [0.5, 0.6) is 0 Å². The predicted molar refractivity (Wildman–Crippen MR) is 73.4 cm³/mol. The molecule has 20 heavy (non-hydrogen) atoms. The van der Waals surface area contributed by atoms with Gasteiger partial charge in [0.2, 0.25) is 5.91 Å². The summed E-state index contributed by atoms with van der Waals surface area (Å²) < 4.78 is 10.7. The number of carbonyl (C=O) groups is 1. The molecule has 106 valence electrons. The van der Waals surface area contributed by atoms with Crippen LogP contribution >= 0.6 is 0 Å². The molecule has 1 aliphatic carbocycles. The van der Waals surface area contributed by atoms with E-state index >= 15 is 0 Å². The van der Waals surface area contributed by atoms with Gasteiger partial charge in [-0.15, -0.1) is 0 Å². The number of aromatic nitrogens is 1. The maximum absolute atomic E-state index is 11.8. The van der Waals surface area contributed by atoms with Crippen molar-refractivity contribution < 1.29 is 13.7 Å². The Bertz CT molecular complexity index is 614. The zero-order valence-electron chi connectivity index (χ0n) is 11.7. The summed E-state index contributed by atoms with van der Waals surface area (Å²) in [6.45, 7) is 4.01. The van der Waals surface area contributed by atoms with Crippen LogP contribution in [0.25, 0.3) is 0 Å². The Morgan fingerprint density at radius 2 is 2.30 bits per heavy atom. The topological polar surface area (TPSA) is 68.3 Å². The first-order valence-corrected chi connectivity index (χ1v) is 6.93. The average molecular weight is 274 g/mol. The number of nitrogens with zero attached hydrogens (tertiary/aromatic N) is 1. The summed E-state index contributed by atoms with van der Waals surface area (Å²) in [6, 6.07) is 5.69. The van der Waals surface area contributed by atoms with Gasteiger partial charge in [-0.25, -0.2) is 0 Å². The molecule has 2 heterocycles. The molecule has 0 aromatic carbocycles. The largest absolute Gasteiger partial charge is 0.466 e. The lowest BCUT2D eigenvalue weighted by Crippen LogP contribution is -2.12. The van der Waals surface area contributed by atoms with Gasteiger partial charge in [-0.2, -0.15) is 0 Å². The van der Waals surface area contributed by atoms with Crippen LogP contribution in [-0.4, -0.2) is 11.1 Å². The van der Waals surface area contributed by atoms with E-state index in [1.807, 2.05) is 12.1 Å². The van der Waals surface area contributed by atoms with Crippen molar-refractivity contribution >= 4 is 11.7 Å². The maximum atomic E-state index is 11.8. The van der Waals surface area contributed by atoms with E-state index in [0.29, 0.717) is 30.3 Å². The number of hydrogen-bond donors (Lipinski definition) is 1. The van der Waals surface area contributed by atoms with Crippen LogP contribution in [0.2, 0.25) is 0 Å². The fraction of sp³-hybridized carbons (Fsp3) is 0.467. The number of carbonyl (C=O) groups excluding carboxylic acids is 1. The second-order valence-corrected chi connectivity index (χ2v) is 5.49. The third-order valence-electron chi connectivity index (χ3n) is 3.65. The number of rotatable bonds is 5. The van der Waals surface area contributed by atoms with Gasteiger partial charge in [-0.1, -0.05) is 12.1 Å². The number of furan rings is 1. The van der Waals surface area contributed by atoms with Crippen molar-refractivity contribution in [2.75, 3.05) is 5.32 Å². The molecular formula is C15H18N2O3. The van der Waals surface area contributed by atoms with Crippen molar-refractivity contribution in [1.82, 2.24) is 5.16 Å². The second-order valence-electron chi connectivity index (χ2n) is 5.49. The number of amides is 1. The van der Waals surface area contributed by atoms with Crippen LogP contribution in [0.15, 0.2) is 27.1 Å². The molecular weight excluding hydrogens is 256 g/mol. The molecule has 0 saturated heterocycles. The molecule has 2 aromatic heterocycles. The van der Waals surface area contributed by atoms with Crippen LogP contribution in [0.4, 0.5) is 5.82 Å². The Morgan fingerprint density at radius 1 is 1.50 bits per heavy atom. The van der Waals surface area contributed by atoms with E-state index < -0.39 is 0 Å². The summed E-state index contributed by atoms with van der Waals surface area (Å²) in [5.74, 6) is 4.28. The molecule has 5 nitrogen and oxygen atoms in total. The van der Waals surface area contributed by atoms with E-state index in [1.165, 1.54) is 6.42 Å². The van der Waals surface area contributed by atoms with Gasteiger partial charge in [0.05, 0.1) is 0 Å². The lowest BCUT2D eigenvalue weighted by atomic mass is 10.2. The summed E-state index contributed by atoms with van der Waals surface area (Å²) in [6.07, 6.45) is 2.18. The van der Waals surface area contributed by atoms with Crippen molar-refractivity contribution in [2.24, 2.45) is 5.92 Å². The molecule has 2 atom stereocenters. The standard InChI is InChI=1S/C15H18N2O3/c1-9-7-12(9)13-5-3-11(19-13)4-6-15(18)16-14-8-10(2)20-17-14/h3,5,8-9,12H,4,6-7H2,1-2H3,(H,16,17,18)/t9-,12+/m1/s1. The Balaban J connectivity index is 1.49. The van der Waals surface area contributed by atoms with E-state index in [9.17, 15) is 4.79 Å². The highest BCUT2D eigenvalue weighted by Gasteiger charge is 2.36. The second kappa shape index (κ2) is 5.15. The Morgan fingerprint density at radius 3 is 2.95 bits per heavy atom. The lowest BCUT2D eigenvalue weighted by molar-refractivity contribution is -0.116. The molecule has 0 spiro atoms. The molecule has 5 heteroatoms. The average Bonchev–Trinajstić information content (AvgIpc) is 2.82. The quantitative estimate of drug-likeness (QED) is 0.908. The number of hydrogen-bond acceptors (Lipinski definition) is 4. The van der Waals surface area contributed by atoms with Crippen LogP contribution in [0, 0.1) is 12.8 Å². The van der Waals surface area contributed by atoms with Gasteiger partial charge in [-0.3, -0.25) is 4.79 Å². The maximum Gasteiger partial charge on any atom is 0.226 e. The summed E-state index contributed by atoms with van der Waals surface area (Å²) in [4.78, 5) is 11.8. The number of anilines is 1. The van der Waals surface area contributed by atoms with Crippen molar-refractivity contribution in [1.29, 1.82) is 0 Å². The monoisotopic (exact) mass is 274 g/mol. The smallest absolute Gasteiger partial charge is 0.226 e. The SMILES string of the molecule is Cc1cc(NC(=O)CCc2ccc([C@H]3C[C@H]3C)o2)no1. The zero-order valence-corrected chi connectivity index (χ0v) is 11.7. The minimum Gasteiger partial charge on any atom is -0.466 e. The molecule has 0 aliphatic heterocycles. The molecule has 3 rings (SSSR count). The van der Waals surface area contributed by atoms with Gasteiger partial charge in [0, 0.05) is 24.8 Å². The summed E-state index contributed by atoms with van der Waals surface area (Å²) >= 11 is 0. The summed E-state index contributed by atoms with van der Waals surface area (Å²) in [5.41, 5.74) is 0. The molecule has 1 fully saturated rings. The first-order chi connectivity index (χ1) is 9.61. The minimum atomic E-state index is -0.0870. The van der Waals surface area contributed by atoms with Crippen molar-refractivity contribution in [3.05, 3.63) is 35.5 Å². The Hall–Kier alpha value is -2.04. The molecule has 1 saturated carbocycles. The summed E-state index contributed by atoms with van der Waals surface area (Å²) in [5, 5.41) is 6.42. The van der Waals surface area contributed by atoms with E-state index in [1.54, 1.807) is 13.0 Å². The molecule has 0 radical (unpaired) electrons. The third-order valence-corrected chi connectivity index (χ3v) is 3.65. The van der Waals surface area contributed by atoms with Gasteiger partial charge in [0.25, 0.3) is 0 Å². The fourth-order valence-corrected chi connectivity index (χ4v) is 2.31. The molecule has 1 N–H and O–H groups in total. The van der Waals surface area contributed by atoms with Gasteiger partial charge >= 0.3 is 0 Å². The van der Waals surface area contributed by atoms with E-state index in [4.69, 9.17) is 8.94 Å². The van der Waals surface area contributed by atoms with Crippen LogP contribution < -0.4 is 5.32 Å². The third kappa shape index (κ3) is 2.92. The number of nitrogens with one attached hydrogen (secondary N) is 1. The predicted octanol–water partition coefficient (Wildman–Crippen LogP) is 3.27. The van der Waals surface area contributed by atoms with Crippen LogP contribution in [0.1, 0.15) is 43.0 Å². The van der Waals surface area contributed by atoms with Gasteiger partial charge in [-0.05, 0) is 31.4 Å².